The van der Waals surface area contributed by atoms with Crippen molar-refractivity contribution in [3.63, 3.8) is 0 Å². The van der Waals surface area contributed by atoms with Gasteiger partial charge in [0.05, 0.1) is 17.1 Å². The van der Waals surface area contributed by atoms with E-state index >= 15 is 0 Å². The summed E-state index contributed by atoms with van der Waals surface area (Å²) in [5.74, 6) is -0.617. The largest absolute Gasteiger partial charge is 0.457 e. The molecule has 5 aromatic rings. The summed E-state index contributed by atoms with van der Waals surface area (Å²) in [6.07, 6.45) is 6.71. The number of nitrogens with one attached hydrogen (secondary N) is 2. The van der Waals surface area contributed by atoms with Crippen molar-refractivity contribution in [3.8, 4) is 17.2 Å². The second-order valence-electron chi connectivity index (χ2n) is 9.72. The molecule has 0 aliphatic heterocycles. The molecule has 12 heteroatoms. The number of hydrogen-bond acceptors (Lipinski definition) is 6. The van der Waals surface area contributed by atoms with E-state index < -0.39 is 17.8 Å². The highest BCUT2D eigenvalue weighted by molar-refractivity contribution is 5.99. The molecular weight excluding hydrogens is 503 g/mol. The molecule has 0 saturated carbocycles. The van der Waals surface area contributed by atoms with Gasteiger partial charge in [-0.15, -0.1) is 0 Å². The predicted molar refractivity (Wildman–Crippen MR) is 143 cm³/mol. The lowest BCUT2D eigenvalue weighted by molar-refractivity contribution is 0.0995. The van der Waals surface area contributed by atoms with Gasteiger partial charge in [-0.2, -0.15) is 5.10 Å². The Balaban J connectivity index is 1.35. The quantitative estimate of drug-likeness (QED) is 0.287. The second-order valence-corrected chi connectivity index (χ2v) is 9.72. The van der Waals surface area contributed by atoms with Gasteiger partial charge in [0.15, 0.2) is 0 Å². The number of primary amides is 1. The van der Waals surface area contributed by atoms with Gasteiger partial charge < -0.3 is 20.2 Å². The number of pyridine rings is 2. The Bertz CT molecular complexity index is 1700. The van der Waals surface area contributed by atoms with Crippen LogP contribution in [0, 0.1) is 5.82 Å². The minimum Gasteiger partial charge on any atom is -0.457 e. The normalized spacial score (nSPS) is 11.4. The third kappa shape index (κ3) is 5.54. The van der Waals surface area contributed by atoms with Crippen LogP contribution in [0.5, 0.6) is 11.5 Å². The molecular formula is C27H25FN8O3. The molecule has 198 valence electrons. The van der Waals surface area contributed by atoms with Crippen molar-refractivity contribution in [2.24, 2.45) is 5.73 Å². The number of urea groups is 1. The number of rotatable bonds is 6. The number of ether oxygens (including phenoxy) is 1. The fraction of sp³-hybridized carbons (Fsp3) is 0.148. The molecule has 4 heterocycles. The fourth-order valence-electron chi connectivity index (χ4n) is 3.74. The van der Waals surface area contributed by atoms with E-state index in [-0.39, 0.29) is 28.3 Å². The van der Waals surface area contributed by atoms with Crippen molar-refractivity contribution >= 4 is 29.1 Å². The third-order valence-electron chi connectivity index (χ3n) is 5.75. The first-order chi connectivity index (χ1) is 18.6. The molecule has 39 heavy (non-hydrogen) atoms. The number of aromatic nitrogens is 5. The molecule has 11 nitrogen and oxygen atoms in total. The van der Waals surface area contributed by atoms with Gasteiger partial charge in [-0.1, -0.05) is 20.8 Å². The molecule has 1 aromatic carbocycles. The van der Waals surface area contributed by atoms with Gasteiger partial charge in [0, 0.05) is 48.4 Å². The summed E-state index contributed by atoms with van der Waals surface area (Å²) < 4.78 is 23.9. The van der Waals surface area contributed by atoms with Crippen LogP contribution in [0.1, 0.15) is 37.0 Å². The number of anilines is 2. The van der Waals surface area contributed by atoms with Crippen LogP contribution in [-0.2, 0) is 5.41 Å². The summed E-state index contributed by atoms with van der Waals surface area (Å²) in [7, 11) is 0. The summed E-state index contributed by atoms with van der Waals surface area (Å²) in [5.41, 5.74) is 7.13. The Morgan fingerprint density at radius 2 is 1.77 bits per heavy atom. The average Bonchev–Trinajstić information content (AvgIpc) is 3.52. The lowest BCUT2D eigenvalue weighted by Gasteiger charge is -2.14. The Labute approximate surface area is 222 Å². The highest BCUT2D eigenvalue weighted by Gasteiger charge is 2.22. The summed E-state index contributed by atoms with van der Waals surface area (Å²) in [6.45, 7) is 6.05. The van der Waals surface area contributed by atoms with Crippen LogP contribution in [-0.4, -0.2) is 36.1 Å². The lowest BCUT2D eigenvalue weighted by Crippen LogP contribution is -2.22. The topological polar surface area (TPSA) is 141 Å². The average molecular weight is 529 g/mol. The molecule has 4 aromatic heterocycles. The lowest BCUT2D eigenvalue weighted by atomic mass is 9.92. The molecule has 4 N–H and O–H groups in total. The van der Waals surface area contributed by atoms with Crippen LogP contribution in [0.4, 0.5) is 20.7 Å². The van der Waals surface area contributed by atoms with E-state index in [4.69, 9.17) is 15.6 Å². The van der Waals surface area contributed by atoms with Gasteiger partial charge in [-0.3, -0.25) is 15.1 Å². The molecule has 0 bridgehead atoms. The SMILES string of the molecule is CC(C)(C)c1cc(NC(=O)Nc2ccc(Oc3ccnc(C(N)=O)c3)cc2F)n(-c2ccc3nccn3c2)n1. The third-order valence-corrected chi connectivity index (χ3v) is 5.75. The Morgan fingerprint density at radius 3 is 2.51 bits per heavy atom. The summed E-state index contributed by atoms with van der Waals surface area (Å²) in [4.78, 5) is 32.3. The monoisotopic (exact) mass is 528 g/mol. The number of imidazole rings is 1. The fourth-order valence-corrected chi connectivity index (χ4v) is 3.74. The van der Waals surface area contributed by atoms with Crippen LogP contribution in [0.2, 0.25) is 0 Å². The number of halogens is 1. The molecule has 5 rings (SSSR count). The van der Waals surface area contributed by atoms with Crippen molar-refractivity contribution < 1.29 is 18.7 Å². The number of fused-ring (bicyclic) bond motifs is 1. The van der Waals surface area contributed by atoms with E-state index in [2.05, 4.69) is 20.6 Å². The maximum Gasteiger partial charge on any atom is 0.324 e. The molecule has 0 atom stereocenters. The first-order valence-electron chi connectivity index (χ1n) is 11.9. The van der Waals surface area contributed by atoms with Crippen molar-refractivity contribution in [2.45, 2.75) is 26.2 Å². The van der Waals surface area contributed by atoms with E-state index in [9.17, 15) is 14.0 Å². The van der Waals surface area contributed by atoms with Crippen molar-refractivity contribution in [1.82, 2.24) is 24.1 Å². The van der Waals surface area contributed by atoms with Crippen LogP contribution in [0.15, 0.2) is 73.3 Å². The highest BCUT2D eigenvalue weighted by atomic mass is 19.1. The van der Waals surface area contributed by atoms with Crippen LogP contribution in [0.25, 0.3) is 11.3 Å². The van der Waals surface area contributed by atoms with Gasteiger partial charge in [-0.25, -0.2) is 18.9 Å². The van der Waals surface area contributed by atoms with Crippen LogP contribution in [0.3, 0.4) is 0 Å². The van der Waals surface area contributed by atoms with Gasteiger partial charge >= 0.3 is 6.03 Å². The van der Waals surface area contributed by atoms with E-state index in [1.807, 2.05) is 49.7 Å². The molecule has 3 amide bonds. The van der Waals surface area contributed by atoms with Crippen LogP contribution >= 0.6 is 0 Å². The Kier molecular flexibility index (Phi) is 6.44. The molecule has 0 saturated heterocycles. The minimum atomic E-state index is -0.721. The summed E-state index contributed by atoms with van der Waals surface area (Å²) in [5, 5.41) is 9.99. The zero-order valence-corrected chi connectivity index (χ0v) is 21.3. The standard InChI is InChI=1S/C27H25FN8O3/c1-27(2,3)22-14-24(36(34-22)16-4-7-23-31-10-11-35(23)15-16)33-26(38)32-20-6-5-17(12-19(20)28)39-18-8-9-30-21(13-18)25(29)37/h4-15H,1-3H3,(H2,29,37)(H2,32,33,38). The number of hydrogen-bond donors (Lipinski definition) is 3. The van der Waals surface area contributed by atoms with Gasteiger partial charge in [-0.05, 0) is 30.3 Å². The van der Waals surface area contributed by atoms with E-state index in [0.717, 1.165) is 17.4 Å². The summed E-state index contributed by atoms with van der Waals surface area (Å²) in [6, 6.07) is 11.6. The summed E-state index contributed by atoms with van der Waals surface area (Å²) >= 11 is 0. The smallest absolute Gasteiger partial charge is 0.324 e. The van der Waals surface area contributed by atoms with Crippen molar-refractivity contribution in [3.05, 3.63) is 90.5 Å². The Hall–Kier alpha value is -5.26. The van der Waals surface area contributed by atoms with Crippen LogP contribution < -0.4 is 21.1 Å². The van der Waals surface area contributed by atoms with Crippen molar-refractivity contribution in [2.75, 3.05) is 10.6 Å². The van der Waals surface area contributed by atoms with Gasteiger partial charge in [0.2, 0.25) is 0 Å². The number of amides is 3. The maximum absolute atomic E-state index is 14.8. The first-order valence-corrected chi connectivity index (χ1v) is 11.9. The van der Waals surface area contributed by atoms with Gasteiger partial charge in [0.25, 0.3) is 5.91 Å². The molecule has 0 unspecified atom stereocenters. The van der Waals surface area contributed by atoms with Gasteiger partial charge in [0.1, 0.15) is 34.5 Å². The zero-order valence-electron chi connectivity index (χ0n) is 21.3. The molecule has 0 spiro atoms. The maximum atomic E-state index is 14.8. The molecule has 0 fully saturated rings. The number of carbonyl (C=O) groups excluding carboxylic acids is 2. The number of carbonyl (C=O) groups is 2. The zero-order chi connectivity index (χ0) is 27.7. The number of nitrogens with zero attached hydrogens (tertiary/aromatic N) is 5. The molecule has 0 aliphatic carbocycles. The molecule has 0 aliphatic rings. The van der Waals surface area contributed by atoms with E-state index in [1.54, 1.807) is 16.9 Å². The number of nitrogens with two attached hydrogens (primary N) is 1. The predicted octanol–water partition coefficient (Wildman–Crippen LogP) is 4.89. The van der Waals surface area contributed by atoms with Crippen molar-refractivity contribution in [1.29, 1.82) is 0 Å². The van der Waals surface area contributed by atoms with E-state index in [1.165, 1.54) is 30.5 Å². The first kappa shape index (κ1) is 25.4. The number of benzene rings is 1. The van der Waals surface area contributed by atoms with E-state index in [0.29, 0.717) is 11.5 Å². The molecule has 0 radical (unpaired) electrons. The Morgan fingerprint density at radius 1 is 0.974 bits per heavy atom. The minimum absolute atomic E-state index is 0.0155. The second kappa shape index (κ2) is 9.89. The highest BCUT2D eigenvalue weighted by Crippen LogP contribution is 2.28.